The highest BCUT2D eigenvalue weighted by Crippen LogP contribution is 2.76. The molecular weight excluding hydrogens is 853 g/mol. The van der Waals surface area contributed by atoms with E-state index in [0.717, 1.165) is 89.9 Å². The summed E-state index contributed by atoms with van der Waals surface area (Å²) in [7, 11) is 1.79. The molecule has 404 valence electrons. The largest absolute Gasteiger partial charge is 0.462 e. The van der Waals surface area contributed by atoms with Crippen molar-refractivity contribution in [2.24, 2.45) is 45.3 Å². The minimum atomic E-state index is -0.854. The van der Waals surface area contributed by atoms with Gasteiger partial charge in [-0.15, -0.1) is 0 Å². The van der Waals surface area contributed by atoms with Crippen LogP contribution in [0, 0.1) is 45.3 Å². The fourth-order valence-electron chi connectivity index (χ4n) is 15.9. The van der Waals surface area contributed by atoms with Crippen LogP contribution in [0.3, 0.4) is 0 Å². The highest BCUT2D eigenvalue weighted by atomic mass is 16.5. The molecule has 0 saturated heterocycles. The van der Waals surface area contributed by atoms with Gasteiger partial charge in [0.05, 0.1) is 11.2 Å². The second-order valence-electron chi connectivity index (χ2n) is 26.4. The Balaban J connectivity index is 1.37. The van der Waals surface area contributed by atoms with E-state index in [2.05, 4.69) is 69.2 Å². The number of esters is 2. The van der Waals surface area contributed by atoms with Crippen LogP contribution in [0.15, 0.2) is 0 Å². The molecule has 0 aromatic heterocycles. The van der Waals surface area contributed by atoms with Crippen LogP contribution in [-0.2, 0) is 23.8 Å². The van der Waals surface area contributed by atoms with Gasteiger partial charge in [0.1, 0.15) is 12.2 Å². The Kier molecular flexibility index (Phi) is 25.5. The fraction of sp³-hybridized carbons (Fsp3) is 0.968. The first-order valence-corrected chi connectivity index (χ1v) is 30.5. The molecule has 0 unspecified atom stereocenters. The molecular formula is C63H116O6. The molecule has 4 aliphatic rings. The van der Waals surface area contributed by atoms with Gasteiger partial charge in [0.15, 0.2) is 0 Å². The third-order valence-corrected chi connectivity index (χ3v) is 20.6. The number of aliphatic hydroxyl groups is 1. The number of unbranched alkanes of at least 4 members (excludes halogenated alkanes) is 24. The summed E-state index contributed by atoms with van der Waals surface area (Å²) in [4.78, 5) is 27.6. The molecule has 0 spiro atoms. The van der Waals surface area contributed by atoms with Crippen molar-refractivity contribution in [1.82, 2.24) is 0 Å². The van der Waals surface area contributed by atoms with Crippen molar-refractivity contribution >= 4 is 11.9 Å². The quantitative estimate of drug-likeness (QED) is 0.0498. The summed E-state index contributed by atoms with van der Waals surface area (Å²) in [6.45, 7) is 23.5. The van der Waals surface area contributed by atoms with E-state index in [9.17, 15) is 14.7 Å². The molecule has 1 N–H and O–H groups in total. The highest BCUT2D eigenvalue weighted by molar-refractivity contribution is 5.70. The van der Waals surface area contributed by atoms with Crippen molar-refractivity contribution in [3.8, 4) is 0 Å². The summed E-state index contributed by atoms with van der Waals surface area (Å²) in [6.07, 6.45) is 44.0. The molecule has 0 aliphatic heterocycles. The van der Waals surface area contributed by atoms with Crippen LogP contribution in [0.25, 0.3) is 0 Å². The first-order valence-electron chi connectivity index (χ1n) is 30.5. The van der Waals surface area contributed by atoms with Gasteiger partial charge in [-0.05, 0) is 132 Å². The molecule has 10 atom stereocenters. The summed E-state index contributed by atoms with van der Waals surface area (Å²) >= 11 is 0. The second-order valence-corrected chi connectivity index (χ2v) is 26.4. The summed E-state index contributed by atoms with van der Waals surface area (Å²) in [5.74, 6) is 0.962. The molecule has 4 fully saturated rings. The summed E-state index contributed by atoms with van der Waals surface area (Å²) < 4.78 is 19.2. The predicted octanol–water partition coefficient (Wildman–Crippen LogP) is 18.4. The lowest BCUT2D eigenvalue weighted by Crippen LogP contribution is -2.67. The Morgan fingerprint density at radius 2 is 0.957 bits per heavy atom. The summed E-state index contributed by atoms with van der Waals surface area (Å²) in [6, 6.07) is 0. The van der Waals surface area contributed by atoms with Gasteiger partial charge in [0.25, 0.3) is 0 Å². The van der Waals surface area contributed by atoms with Crippen molar-refractivity contribution in [1.29, 1.82) is 0 Å². The van der Waals surface area contributed by atoms with Crippen LogP contribution in [0.2, 0.25) is 0 Å². The van der Waals surface area contributed by atoms with Crippen molar-refractivity contribution < 1.29 is 28.9 Å². The average Bonchev–Trinajstić information content (AvgIpc) is 3.68. The molecule has 0 radical (unpaired) electrons. The van der Waals surface area contributed by atoms with E-state index in [4.69, 9.17) is 14.2 Å². The van der Waals surface area contributed by atoms with Crippen LogP contribution in [-0.4, -0.2) is 47.6 Å². The van der Waals surface area contributed by atoms with E-state index in [1.54, 1.807) is 7.11 Å². The van der Waals surface area contributed by atoms with E-state index >= 15 is 0 Å². The maximum absolute atomic E-state index is 14.1. The topological polar surface area (TPSA) is 82.1 Å². The number of hydrogen-bond acceptors (Lipinski definition) is 6. The standard InChI is InChI=1S/C63H116O6/c1-12-14-16-18-20-22-24-26-28-30-32-34-36-39-55(64)68-51-49-53-60(7)46-43-54(69-56(65)40-37-35-33-31-29-27-25-23-21-19-17-15-13-2)59(5,6)52(60)42-48-61(53,8)62(9)47-41-50(57(51)62)63(10,66)45-38-44-58(3,4)67-11/h50-54,57,66H,12-49H2,1-11H3/t50-,51+,52-,53+,54-,57-,60-,61+,62+,63+/m0/s1. The van der Waals surface area contributed by atoms with Crippen molar-refractivity contribution in [3.05, 3.63) is 0 Å². The SMILES string of the molecule is CCCCCCCCCCCCCCCC(=O)O[C@H]1CC[C@]2(C)[C@H]3C[C@@H](OC(=O)CCCCCCCCCCCCCCC)[C@@H]4[C@@H]([C@](C)(O)CCCC(C)(C)OC)CC[C@@]4(C)[C@]3(C)CC[C@H]2C1(C)C. The Morgan fingerprint density at radius 1 is 0.522 bits per heavy atom. The molecule has 6 heteroatoms. The van der Waals surface area contributed by atoms with Gasteiger partial charge in [0, 0.05) is 31.3 Å². The number of carbonyl (C=O) groups excluding carboxylic acids is 2. The van der Waals surface area contributed by atoms with Gasteiger partial charge in [-0.25, -0.2) is 0 Å². The zero-order valence-electron chi connectivity index (χ0n) is 47.8. The van der Waals surface area contributed by atoms with E-state index < -0.39 is 5.60 Å². The van der Waals surface area contributed by atoms with Gasteiger partial charge in [-0.2, -0.15) is 0 Å². The second kappa shape index (κ2) is 29.1. The molecule has 0 bridgehead atoms. The van der Waals surface area contributed by atoms with Crippen LogP contribution in [0.4, 0.5) is 0 Å². The van der Waals surface area contributed by atoms with Gasteiger partial charge in [0.2, 0.25) is 0 Å². The molecule has 0 amide bonds. The lowest BCUT2D eigenvalue weighted by Gasteiger charge is -2.70. The molecule has 4 aliphatic carbocycles. The number of methoxy groups -OCH3 is 1. The first kappa shape index (κ1) is 60.4. The smallest absolute Gasteiger partial charge is 0.306 e. The van der Waals surface area contributed by atoms with Crippen LogP contribution in [0.5, 0.6) is 0 Å². The predicted molar refractivity (Wildman–Crippen MR) is 290 cm³/mol. The average molecular weight is 970 g/mol. The van der Waals surface area contributed by atoms with E-state index in [1.807, 2.05) is 0 Å². The Hall–Kier alpha value is -1.14. The highest BCUT2D eigenvalue weighted by Gasteiger charge is 2.72. The van der Waals surface area contributed by atoms with E-state index in [-0.39, 0.29) is 63.2 Å². The van der Waals surface area contributed by atoms with Crippen LogP contribution >= 0.6 is 0 Å². The first-order chi connectivity index (χ1) is 32.8. The molecule has 0 heterocycles. The fourth-order valence-corrected chi connectivity index (χ4v) is 15.9. The number of carbonyl (C=O) groups is 2. The molecule has 4 rings (SSSR count). The zero-order valence-corrected chi connectivity index (χ0v) is 47.8. The lowest BCUT2D eigenvalue weighted by molar-refractivity contribution is -0.253. The van der Waals surface area contributed by atoms with E-state index in [1.165, 1.54) is 141 Å². The zero-order chi connectivity index (χ0) is 50.6. The van der Waals surface area contributed by atoms with Gasteiger partial charge in [-0.1, -0.05) is 203 Å². The number of fused-ring (bicyclic) bond motifs is 5. The Morgan fingerprint density at radius 3 is 1.42 bits per heavy atom. The molecule has 4 saturated carbocycles. The monoisotopic (exact) mass is 969 g/mol. The number of rotatable bonds is 36. The maximum atomic E-state index is 14.1. The third kappa shape index (κ3) is 16.9. The minimum Gasteiger partial charge on any atom is -0.462 e. The molecule has 6 nitrogen and oxygen atoms in total. The van der Waals surface area contributed by atoms with Gasteiger partial charge < -0.3 is 19.3 Å². The van der Waals surface area contributed by atoms with Crippen LogP contribution in [0.1, 0.15) is 313 Å². The van der Waals surface area contributed by atoms with Crippen LogP contribution < -0.4 is 0 Å². The van der Waals surface area contributed by atoms with Gasteiger partial charge in [-0.3, -0.25) is 9.59 Å². The van der Waals surface area contributed by atoms with Crippen molar-refractivity contribution in [2.75, 3.05) is 7.11 Å². The molecule has 69 heavy (non-hydrogen) atoms. The van der Waals surface area contributed by atoms with E-state index in [0.29, 0.717) is 24.7 Å². The van der Waals surface area contributed by atoms with Crippen molar-refractivity contribution in [3.63, 3.8) is 0 Å². The summed E-state index contributed by atoms with van der Waals surface area (Å²) in [5, 5.41) is 12.5. The Bertz CT molecular complexity index is 1450. The maximum Gasteiger partial charge on any atom is 0.306 e. The summed E-state index contributed by atoms with van der Waals surface area (Å²) in [5.41, 5.74) is -1.19. The Labute approximate surface area is 428 Å². The number of ether oxygens (including phenoxy) is 3. The lowest BCUT2D eigenvalue weighted by atomic mass is 9.35. The van der Waals surface area contributed by atoms with Crippen molar-refractivity contribution in [2.45, 2.75) is 337 Å². The third-order valence-electron chi connectivity index (χ3n) is 20.6. The normalized spacial score (nSPS) is 30.6. The minimum absolute atomic E-state index is 0.00118. The number of hydrogen-bond donors (Lipinski definition) is 1. The van der Waals surface area contributed by atoms with Gasteiger partial charge >= 0.3 is 11.9 Å². The molecule has 0 aromatic rings. The molecule has 0 aromatic carbocycles.